The van der Waals surface area contributed by atoms with Crippen molar-refractivity contribution in [2.45, 2.75) is 136 Å². The standard InChI is InChI=1S/C39H64N2O9/c1-23(19-49-33(48)41-38(20-42,21-43)22-44)25-11-16-39(31(45)46)18-17-36(5)26(30(25)39)9-10-28-35(4)14-13-29(50-32(47)40-24-7-8-24)34(2,3)27(35)12-15-37(28,36)6/h23-30,42-44H,7-22H2,1-6H3,(H,40,47)(H,41,48)(H,45,46)/t23?,25-,26?,27?,28?,29+,30?,35-,36+,37+,39-/m0/s1. The number of carbonyl (C=O) groups excluding carboxylic acids is 2. The van der Waals surface area contributed by atoms with Crippen molar-refractivity contribution in [3.63, 3.8) is 0 Å². The third-order valence-electron chi connectivity index (χ3n) is 16.5. The molecule has 284 valence electrons. The number of aliphatic carboxylic acids is 1. The average Bonchev–Trinajstić information content (AvgIpc) is 3.79. The minimum absolute atomic E-state index is 0.0271. The highest BCUT2D eigenvalue weighted by atomic mass is 16.6. The van der Waals surface area contributed by atoms with Crippen molar-refractivity contribution in [1.82, 2.24) is 10.6 Å². The largest absolute Gasteiger partial charge is 0.481 e. The van der Waals surface area contributed by atoms with Crippen molar-refractivity contribution < 1.29 is 44.3 Å². The fourth-order valence-electron chi connectivity index (χ4n) is 13.2. The van der Waals surface area contributed by atoms with Crippen molar-refractivity contribution in [1.29, 1.82) is 0 Å². The number of ether oxygens (including phenoxy) is 2. The summed E-state index contributed by atoms with van der Waals surface area (Å²) in [5, 5.41) is 45.2. The Morgan fingerprint density at radius 2 is 1.46 bits per heavy atom. The number of amides is 2. The van der Waals surface area contributed by atoms with E-state index in [4.69, 9.17) is 9.47 Å². The summed E-state index contributed by atoms with van der Waals surface area (Å²) >= 11 is 0. The number of aliphatic hydroxyl groups excluding tert-OH is 3. The summed E-state index contributed by atoms with van der Waals surface area (Å²) in [5.74, 6) is 0.413. The number of carboxylic acids is 1. The number of carboxylic acid groups (broad SMARTS) is 1. The number of hydrogen-bond acceptors (Lipinski definition) is 8. The lowest BCUT2D eigenvalue weighted by Crippen LogP contribution is -2.67. The van der Waals surface area contributed by atoms with Crippen LogP contribution >= 0.6 is 0 Å². The van der Waals surface area contributed by atoms with Crippen LogP contribution in [-0.4, -0.2) is 82.7 Å². The van der Waals surface area contributed by atoms with Gasteiger partial charge in [-0.25, -0.2) is 9.59 Å². The third kappa shape index (κ3) is 5.74. The molecule has 11 heteroatoms. The van der Waals surface area contributed by atoms with Crippen LogP contribution in [0.15, 0.2) is 0 Å². The maximum absolute atomic E-state index is 13.3. The molecule has 2 amide bonds. The maximum atomic E-state index is 13.3. The second-order valence-electron chi connectivity index (χ2n) is 19.0. The van der Waals surface area contributed by atoms with Crippen molar-refractivity contribution in [2.75, 3.05) is 26.4 Å². The number of rotatable bonds is 10. The van der Waals surface area contributed by atoms with Crippen LogP contribution in [0.3, 0.4) is 0 Å². The van der Waals surface area contributed by atoms with Crippen LogP contribution in [0.4, 0.5) is 9.59 Å². The first kappa shape index (κ1) is 37.6. The molecular weight excluding hydrogens is 640 g/mol. The molecule has 0 aromatic rings. The lowest BCUT2D eigenvalue weighted by Gasteiger charge is -2.72. The number of alkyl carbamates (subject to hydrolysis) is 2. The molecule has 5 unspecified atom stereocenters. The normalized spacial score (nSPS) is 42.5. The molecule has 0 radical (unpaired) electrons. The van der Waals surface area contributed by atoms with E-state index < -0.39 is 42.8 Å². The molecule has 11 atom stereocenters. The van der Waals surface area contributed by atoms with Gasteiger partial charge < -0.3 is 40.5 Å². The summed E-state index contributed by atoms with van der Waals surface area (Å²) in [5.41, 5.74) is -2.43. The fourth-order valence-corrected chi connectivity index (χ4v) is 13.2. The van der Waals surface area contributed by atoms with Gasteiger partial charge in [0.1, 0.15) is 11.6 Å². The number of hydrogen-bond donors (Lipinski definition) is 6. The van der Waals surface area contributed by atoms with Gasteiger partial charge in [-0.05, 0) is 129 Å². The molecule has 0 heterocycles. The van der Waals surface area contributed by atoms with E-state index in [9.17, 15) is 34.8 Å². The first-order valence-electron chi connectivity index (χ1n) is 19.4. The summed E-state index contributed by atoms with van der Waals surface area (Å²) in [4.78, 5) is 38.7. The molecule has 0 aromatic heterocycles. The Bertz CT molecular complexity index is 1310. The molecule has 6 aliphatic rings. The lowest BCUT2D eigenvalue weighted by molar-refractivity contribution is -0.249. The van der Waals surface area contributed by atoms with Crippen LogP contribution in [0, 0.1) is 62.6 Å². The van der Waals surface area contributed by atoms with Gasteiger partial charge in [0.15, 0.2) is 0 Å². The zero-order valence-corrected chi connectivity index (χ0v) is 31.3. The highest BCUT2D eigenvalue weighted by Gasteiger charge is 2.72. The fraction of sp³-hybridized carbons (Fsp3) is 0.923. The van der Waals surface area contributed by atoms with Gasteiger partial charge in [0, 0.05) is 11.5 Å². The van der Waals surface area contributed by atoms with Crippen LogP contribution in [0.2, 0.25) is 0 Å². The van der Waals surface area contributed by atoms with E-state index >= 15 is 0 Å². The molecule has 6 rings (SSSR count). The van der Waals surface area contributed by atoms with Crippen molar-refractivity contribution >= 4 is 18.2 Å². The van der Waals surface area contributed by atoms with E-state index in [0.717, 1.165) is 64.2 Å². The molecular formula is C39H64N2O9. The minimum Gasteiger partial charge on any atom is -0.481 e. The van der Waals surface area contributed by atoms with Crippen LogP contribution in [0.25, 0.3) is 0 Å². The van der Waals surface area contributed by atoms with E-state index in [1.807, 2.05) is 6.92 Å². The Morgan fingerprint density at radius 3 is 2.08 bits per heavy atom. The molecule has 50 heavy (non-hydrogen) atoms. The predicted molar refractivity (Wildman–Crippen MR) is 186 cm³/mol. The molecule has 6 N–H and O–H groups in total. The van der Waals surface area contributed by atoms with Crippen LogP contribution in [0.5, 0.6) is 0 Å². The van der Waals surface area contributed by atoms with Gasteiger partial charge in [-0.2, -0.15) is 0 Å². The lowest BCUT2D eigenvalue weighted by atomic mass is 9.32. The molecule has 6 aliphatic carbocycles. The first-order valence-corrected chi connectivity index (χ1v) is 19.4. The van der Waals surface area contributed by atoms with Gasteiger partial charge in [-0.15, -0.1) is 0 Å². The average molecular weight is 705 g/mol. The number of carbonyl (C=O) groups is 3. The first-order chi connectivity index (χ1) is 23.5. The van der Waals surface area contributed by atoms with Gasteiger partial charge in [-0.3, -0.25) is 4.79 Å². The molecule has 6 fully saturated rings. The third-order valence-corrected chi connectivity index (χ3v) is 16.5. The zero-order chi connectivity index (χ0) is 36.5. The van der Waals surface area contributed by atoms with Gasteiger partial charge in [-0.1, -0.05) is 41.5 Å². The highest BCUT2D eigenvalue weighted by molar-refractivity contribution is 5.76. The van der Waals surface area contributed by atoms with Gasteiger partial charge >= 0.3 is 18.2 Å². The van der Waals surface area contributed by atoms with Gasteiger partial charge in [0.05, 0.1) is 31.8 Å². The van der Waals surface area contributed by atoms with E-state index in [1.165, 1.54) is 0 Å². The summed E-state index contributed by atoms with van der Waals surface area (Å²) in [6.45, 7) is 12.3. The summed E-state index contributed by atoms with van der Waals surface area (Å²) in [7, 11) is 0. The number of nitrogens with one attached hydrogen (secondary N) is 2. The Kier molecular flexibility index (Phi) is 9.85. The minimum atomic E-state index is -1.58. The Balaban J connectivity index is 1.22. The molecule has 0 aromatic carbocycles. The zero-order valence-electron chi connectivity index (χ0n) is 31.3. The van der Waals surface area contributed by atoms with Crippen molar-refractivity contribution in [3.05, 3.63) is 0 Å². The van der Waals surface area contributed by atoms with Gasteiger partial charge in [0.2, 0.25) is 0 Å². The Labute approximate surface area is 298 Å². The monoisotopic (exact) mass is 704 g/mol. The molecule has 0 aliphatic heterocycles. The molecule has 11 nitrogen and oxygen atoms in total. The van der Waals surface area contributed by atoms with Crippen molar-refractivity contribution in [3.8, 4) is 0 Å². The maximum Gasteiger partial charge on any atom is 0.407 e. The summed E-state index contributed by atoms with van der Waals surface area (Å²) in [6, 6.07) is 0.270. The van der Waals surface area contributed by atoms with Crippen LogP contribution in [0.1, 0.15) is 119 Å². The van der Waals surface area contributed by atoms with Gasteiger partial charge in [0.25, 0.3) is 0 Å². The van der Waals surface area contributed by atoms with E-state index in [-0.39, 0.29) is 70.2 Å². The predicted octanol–water partition coefficient (Wildman–Crippen LogP) is 5.49. The van der Waals surface area contributed by atoms with Crippen LogP contribution < -0.4 is 10.6 Å². The number of aliphatic hydroxyl groups is 3. The second-order valence-corrected chi connectivity index (χ2v) is 19.0. The summed E-state index contributed by atoms with van der Waals surface area (Å²) < 4.78 is 11.7. The number of fused-ring (bicyclic) bond motifs is 7. The molecule has 6 saturated carbocycles. The van der Waals surface area contributed by atoms with E-state index in [2.05, 4.69) is 45.3 Å². The SMILES string of the molecule is CC(COC(=O)NC(CO)(CO)CO)[C@@H]1CC[C@]2(C(=O)O)CC[C@]3(C)C(CCC4[C@@]5(C)CC[C@@H](OC(=O)NC6CC6)C(C)(C)C5CC[C@]43C)C12. The Morgan fingerprint density at radius 1 is 0.780 bits per heavy atom. The summed E-state index contributed by atoms with van der Waals surface area (Å²) in [6.07, 6.45) is 9.90. The highest BCUT2D eigenvalue weighted by Crippen LogP contribution is 2.77. The Hall–Kier alpha value is -2.11. The smallest absolute Gasteiger partial charge is 0.407 e. The molecule has 0 bridgehead atoms. The molecule has 0 saturated heterocycles. The quantitative estimate of drug-likeness (QED) is 0.172. The van der Waals surface area contributed by atoms with Crippen molar-refractivity contribution in [2.24, 2.45) is 62.6 Å². The topological polar surface area (TPSA) is 175 Å². The second kappa shape index (κ2) is 13.1. The van der Waals surface area contributed by atoms with E-state index in [1.54, 1.807) is 0 Å². The van der Waals surface area contributed by atoms with Crippen LogP contribution in [-0.2, 0) is 14.3 Å². The molecule has 0 spiro atoms. The van der Waals surface area contributed by atoms with E-state index in [0.29, 0.717) is 24.7 Å².